The summed E-state index contributed by atoms with van der Waals surface area (Å²) in [4.78, 5) is 26.0. The minimum atomic E-state index is -0.577. The summed E-state index contributed by atoms with van der Waals surface area (Å²) in [6.07, 6.45) is 5.63. The molecular formula is C27H41NO3. The molecule has 1 N–H and O–H groups in total. The smallest absolute Gasteiger partial charge is 0.328 e. The number of ether oxygens (including phenoxy) is 1. The molecule has 1 saturated carbocycles. The van der Waals surface area contributed by atoms with Crippen LogP contribution in [-0.2, 0) is 26.2 Å². The van der Waals surface area contributed by atoms with Gasteiger partial charge in [-0.15, -0.1) is 0 Å². The summed E-state index contributed by atoms with van der Waals surface area (Å²) in [5.74, 6) is 0.754. The lowest BCUT2D eigenvalue weighted by Crippen LogP contribution is -2.57. The lowest BCUT2D eigenvalue weighted by molar-refractivity contribution is -0.149. The molecule has 1 amide bonds. The van der Waals surface area contributed by atoms with E-state index in [0.29, 0.717) is 18.3 Å². The first-order valence-electron chi connectivity index (χ1n) is 12.0. The zero-order valence-electron chi connectivity index (χ0n) is 20.5. The van der Waals surface area contributed by atoms with Crippen molar-refractivity contribution < 1.29 is 14.3 Å². The molecule has 1 fully saturated rings. The fourth-order valence-electron chi connectivity index (χ4n) is 6.29. The topological polar surface area (TPSA) is 55.4 Å². The molecule has 172 valence electrons. The molecule has 0 aromatic heterocycles. The molecule has 0 unspecified atom stereocenters. The van der Waals surface area contributed by atoms with Crippen LogP contribution in [0.5, 0.6) is 0 Å². The number of rotatable bonds is 6. The molecule has 0 spiro atoms. The third-order valence-electron chi connectivity index (χ3n) is 8.06. The van der Waals surface area contributed by atoms with Crippen LogP contribution in [-0.4, -0.2) is 25.0 Å². The van der Waals surface area contributed by atoms with E-state index in [4.69, 9.17) is 4.74 Å². The Labute approximate surface area is 188 Å². The predicted molar refractivity (Wildman–Crippen MR) is 125 cm³/mol. The average molecular weight is 428 g/mol. The fraction of sp³-hybridized carbons (Fsp3) is 0.704. The van der Waals surface area contributed by atoms with Crippen LogP contribution in [0.15, 0.2) is 18.2 Å². The summed E-state index contributed by atoms with van der Waals surface area (Å²) in [5, 5.41) is 3.09. The third kappa shape index (κ3) is 4.40. The number of carbonyl (C=O) groups excluding carboxylic acids is 2. The van der Waals surface area contributed by atoms with E-state index in [2.05, 4.69) is 65.1 Å². The van der Waals surface area contributed by atoms with Crippen molar-refractivity contribution in [1.29, 1.82) is 0 Å². The molecule has 0 radical (unpaired) electrons. The highest BCUT2D eigenvalue weighted by molar-refractivity contribution is 5.88. The Bertz CT molecular complexity index is 830. The van der Waals surface area contributed by atoms with Gasteiger partial charge >= 0.3 is 5.97 Å². The van der Waals surface area contributed by atoms with E-state index in [1.807, 2.05) is 0 Å². The normalized spacial score (nSPS) is 28.6. The quantitative estimate of drug-likeness (QED) is 0.608. The van der Waals surface area contributed by atoms with Gasteiger partial charge in [-0.1, -0.05) is 66.2 Å². The minimum Gasteiger partial charge on any atom is -0.467 e. The van der Waals surface area contributed by atoms with Gasteiger partial charge in [0.15, 0.2) is 0 Å². The van der Waals surface area contributed by atoms with Crippen molar-refractivity contribution in [3.05, 3.63) is 34.9 Å². The van der Waals surface area contributed by atoms with Gasteiger partial charge in [-0.05, 0) is 72.0 Å². The molecule has 3 rings (SSSR count). The van der Waals surface area contributed by atoms with Gasteiger partial charge in [-0.3, -0.25) is 4.79 Å². The van der Waals surface area contributed by atoms with Gasteiger partial charge < -0.3 is 10.1 Å². The van der Waals surface area contributed by atoms with Gasteiger partial charge in [-0.25, -0.2) is 4.79 Å². The van der Waals surface area contributed by atoms with Crippen molar-refractivity contribution in [2.75, 3.05) is 7.11 Å². The van der Waals surface area contributed by atoms with E-state index in [1.165, 1.54) is 23.8 Å². The van der Waals surface area contributed by atoms with Crippen LogP contribution < -0.4 is 5.32 Å². The fourth-order valence-corrected chi connectivity index (χ4v) is 6.29. The summed E-state index contributed by atoms with van der Waals surface area (Å²) in [5.41, 5.74) is 3.80. The zero-order valence-corrected chi connectivity index (χ0v) is 20.5. The van der Waals surface area contributed by atoms with Crippen molar-refractivity contribution in [3.8, 4) is 0 Å². The van der Waals surface area contributed by atoms with Gasteiger partial charge in [-0.2, -0.15) is 0 Å². The SMILES string of the molecule is COC(=O)[C@H](CC(C)C)NC(=O)[C@]1(C)CCC[C@]2(C)c3ccc(C(C)C)cc3CC[C@@H]12. The summed E-state index contributed by atoms with van der Waals surface area (Å²) in [7, 11) is 1.39. The highest BCUT2D eigenvalue weighted by atomic mass is 16.5. The third-order valence-corrected chi connectivity index (χ3v) is 8.06. The molecule has 31 heavy (non-hydrogen) atoms. The van der Waals surface area contributed by atoms with E-state index in [0.717, 1.165) is 32.1 Å². The van der Waals surface area contributed by atoms with E-state index in [9.17, 15) is 9.59 Å². The Hall–Kier alpha value is -1.84. The molecule has 0 heterocycles. The second kappa shape index (κ2) is 8.96. The zero-order chi connectivity index (χ0) is 23.0. The molecule has 0 aliphatic heterocycles. The maximum absolute atomic E-state index is 13.7. The molecule has 1 aromatic rings. The second-order valence-corrected chi connectivity index (χ2v) is 11.0. The number of aryl methyl sites for hydroxylation is 1. The van der Waals surface area contributed by atoms with Crippen molar-refractivity contribution in [1.82, 2.24) is 5.32 Å². The van der Waals surface area contributed by atoms with E-state index in [1.54, 1.807) is 0 Å². The van der Waals surface area contributed by atoms with Crippen LogP contribution in [0.4, 0.5) is 0 Å². The van der Waals surface area contributed by atoms with Gasteiger partial charge in [0.2, 0.25) is 5.91 Å². The first kappa shape index (κ1) is 23.8. The standard InChI is InChI=1S/C27H41NO3/c1-17(2)15-22(24(29)31-7)28-25(30)27(6)14-8-13-26(5)21-11-9-19(18(3)4)16-20(21)10-12-23(26)27/h9,11,16-18,22-23H,8,10,12-15H2,1-7H3,(H,28,30)/t22-,23+,26+,27+/m0/s1. The lowest BCUT2D eigenvalue weighted by atomic mass is 9.49. The van der Waals surface area contributed by atoms with E-state index >= 15 is 0 Å². The summed E-state index contributed by atoms with van der Waals surface area (Å²) in [6.45, 7) is 13.1. The van der Waals surface area contributed by atoms with E-state index < -0.39 is 11.5 Å². The highest BCUT2D eigenvalue weighted by Crippen LogP contribution is 2.57. The number of amides is 1. The van der Waals surface area contributed by atoms with Crippen LogP contribution in [0.25, 0.3) is 0 Å². The summed E-state index contributed by atoms with van der Waals surface area (Å²) in [6, 6.07) is 6.42. The number of hydrogen-bond acceptors (Lipinski definition) is 3. The average Bonchev–Trinajstić information content (AvgIpc) is 2.71. The van der Waals surface area contributed by atoms with Crippen LogP contribution >= 0.6 is 0 Å². The number of benzene rings is 1. The largest absolute Gasteiger partial charge is 0.467 e. The molecule has 4 nitrogen and oxygen atoms in total. The van der Waals surface area contributed by atoms with Crippen LogP contribution in [0.2, 0.25) is 0 Å². The Kier molecular flexibility index (Phi) is 6.88. The first-order valence-corrected chi connectivity index (χ1v) is 12.0. The molecule has 4 atom stereocenters. The molecular weight excluding hydrogens is 386 g/mol. The predicted octanol–water partition coefficient (Wildman–Crippen LogP) is 5.52. The lowest BCUT2D eigenvalue weighted by Gasteiger charge is -2.54. The molecule has 0 saturated heterocycles. The molecule has 2 aliphatic carbocycles. The van der Waals surface area contributed by atoms with Crippen molar-refractivity contribution in [3.63, 3.8) is 0 Å². The highest BCUT2D eigenvalue weighted by Gasteiger charge is 2.55. The monoisotopic (exact) mass is 427 g/mol. The molecule has 4 heteroatoms. The Morgan fingerprint density at radius 1 is 1.16 bits per heavy atom. The Morgan fingerprint density at radius 3 is 2.48 bits per heavy atom. The van der Waals surface area contributed by atoms with Gasteiger partial charge in [0.25, 0.3) is 0 Å². The van der Waals surface area contributed by atoms with Gasteiger partial charge in [0, 0.05) is 0 Å². The summed E-state index contributed by atoms with van der Waals surface area (Å²) < 4.78 is 4.98. The number of hydrogen-bond donors (Lipinski definition) is 1. The van der Waals surface area contributed by atoms with Crippen LogP contribution in [0.3, 0.4) is 0 Å². The number of methoxy groups -OCH3 is 1. The van der Waals surface area contributed by atoms with Gasteiger partial charge in [0.05, 0.1) is 12.5 Å². The number of fused-ring (bicyclic) bond motifs is 3. The number of esters is 1. The van der Waals surface area contributed by atoms with Crippen molar-refractivity contribution in [2.45, 2.75) is 97.4 Å². The summed E-state index contributed by atoms with van der Waals surface area (Å²) >= 11 is 0. The molecule has 2 aliphatic rings. The minimum absolute atomic E-state index is 0.00770. The van der Waals surface area contributed by atoms with Crippen LogP contribution in [0, 0.1) is 17.3 Å². The van der Waals surface area contributed by atoms with E-state index in [-0.39, 0.29) is 23.2 Å². The Balaban J connectivity index is 1.91. The molecule has 0 bridgehead atoms. The van der Waals surface area contributed by atoms with Crippen molar-refractivity contribution in [2.24, 2.45) is 17.3 Å². The van der Waals surface area contributed by atoms with Gasteiger partial charge in [0.1, 0.15) is 6.04 Å². The number of nitrogens with one attached hydrogen (secondary N) is 1. The second-order valence-electron chi connectivity index (χ2n) is 11.0. The maximum Gasteiger partial charge on any atom is 0.328 e. The van der Waals surface area contributed by atoms with Crippen molar-refractivity contribution >= 4 is 11.9 Å². The van der Waals surface area contributed by atoms with Crippen LogP contribution in [0.1, 0.15) is 96.3 Å². The maximum atomic E-state index is 13.7. The molecule has 1 aromatic carbocycles. The first-order chi connectivity index (χ1) is 14.5. The number of carbonyl (C=O) groups is 2. The Morgan fingerprint density at radius 2 is 1.87 bits per heavy atom.